The van der Waals surface area contributed by atoms with Crippen LogP contribution in [0.4, 0.5) is 0 Å². The average molecular weight is 313 g/mol. The van der Waals surface area contributed by atoms with E-state index in [-0.39, 0.29) is 5.04 Å². The first-order valence-corrected chi connectivity index (χ1v) is 10.9. The van der Waals surface area contributed by atoms with Crippen LogP contribution in [0.5, 0.6) is 0 Å². The van der Waals surface area contributed by atoms with Gasteiger partial charge in [-0.05, 0) is 47.3 Å². The van der Waals surface area contributed by atoms with Crippen molar-refractivity contribution in [3.8, 4) is 11.1 Å². The Morgan fingerprint density at radius 2 is 1.55 bits per heavy atom. The normalized spacial score (nSPS) is 12.5. The standard InChI is InChI=1S/C20H28OSi/c1-16-14-18(17-10-8-7-9-11-17)12-13-19(16)15-21-22(5,6)20(2,3)4/h7-14H,15H2,1-6H3. The molecule has 2 aromatic carbocycles. The Bertz CT molecular complexity index is 624. The van der Waals surface area contributed by atoms with Crippen LogP contribution in [0.3, 0.4) is 0 Å². The van der Waals surface area contributed by atoms with Crippen LogP contribution in [-0.4, -0.2) is 8.32 Å². The van der Waals surface area contributed by atoms with E-state index in [1.807, 2.05) is 0 Å². The van der Waals surface area contributed by atoms with Crippen molar-refractivity contribution in [3.63, 3.8) is 0 Å². The van der Waals surface area contributed by atoms with Gasteiger partial charge in [0.1, 0.15) is 0 Å². The van der Waals surface area contributed by atoms with Gasteiger partial charge < -0.3 is 4.43 Å². The molecular formula is C20H28OSi. The van der Waals surface area contributed by atoms with E-state index in [0.717, 1.165) is 6.61 Å². The fourth-order valence-electron chi connectivity index (χ4n) is 2.14. The summed E-state index contributed by atoms with van der Waals surface area (Å²) in [5, 5.41) is 0.255. The van der Waals surface area contributed by atoms with Crippen LogP contribution in [0.2, 0.25) is 18.1 Å². The van der Waals surface area contributed by atoms with Crippen LogP contribution < -0.4 is 0 Å². The molecular weight excluding hydrogens is 284 g/mol. The largest absolute Gasteiger partial charge is 0.413 e. The monoisotopic (exact) mass is 312 g/mol. The maximum absolute atomic E-state index is 6.35. The molecule has 0 saturated carbocycles. The molecule has 2 rings (SSSR count). The van der Waals surface area contributed by atoms with Crippen molar-refractivity contribution >= 4 is 8.32 Å². The molecule has 0 saturated heterocycles. The van der Waals surface area contributed by atoms with E-state index in [0.29, 0.717) is 0 Å². The molecule has 0 amide bonds. The van der Waals surface area contributed by atoms with Crippen molar-refractivity contribution in [1.82, 2.24) is 0 Å². The predicted molar refractivity (Wildman–Crippen MR) is 98.6 cm³/mol. The maximum atomic E-state index is 6.35. The van der Waals surface area contributed by atoms with Crippen LogP contribution >= 0.6 is 0 Å². The highest BCUT2D eigenvalue weighted by Gasteiger charge is 2.37. The number of rotatable bonds is 4. The van der Waals surface area contributed by atoms with Crippen molar-refractivity contribution in [2.75, 3.05) is 0 Å². The topological polar surface area (TPSA) is 9.23 Å². The van der Waals surface area contributed by atoms with Gasteiger partial charge in [0, 0.05) is 0 Å². The van der Waals surface area contributed by atoms with E-state index in [2.05, 4.69) is 89.3 Å². The second-order valence-corrected chi connectivity index (χ2v) is 12.4. The zero-order valence-corrected chi connectivity index (χ0v) is 15.7. The van der Waals surface area contributed by atoms with Gasteiger partial charge in [0.15, 0.2) is 8.32 Å². The summed E-state index contributed by atoms with van der Waals surface area (Å²) in [5.74, 6) is 0. The second kappa shape index (κ2) is 6.39. The van der Waals surface area contributed by atoms with Gasteiger partial charge in [-0.2, -0.15) is 0 Å². The molecule has 118 valence electrons. The molecule has 0 N–H and O–H groups in total. The van der Waals surface area contributed by atoms with Crippen molar-refractivity contribution in [1.29, 1.82) is 0 Å². The Hall–Kier alpha value is -1.38. The van der Waals surface area contributed by atoms with Crippen LogP contribution in [0.1, 0.15) is 31.9 Å². The molecule has 0 aromatic heterocycles. The average Bonchev–Trinajstić information content (AvgIpc) is 2.45. The maximum Gasteiger partial charge on any atom is 0.192 e. The van der Waals surface area contributed by atoms with E-state index in [1.54, 1.807) is 0 Å². The number of aryl methyl sites for hydroxylation is 1. The zero-order chi connectivity index (χ0) is 16.4. The minimum atomic E-state index is -1.69. The van der Waals surface area contributed by atoms with E-state index >= 15 is 0 Å². The fourth-order valence-corrected chi connectivity index (χ4v) is 3.09. The number of hydrogen-bond donors (Lipinski definition) is 0. The van der Waals surface area contributed by atoms with Crippen molar-refractivity contribution < 1.29 is 4.43 Å². The Morgan fingerprint density at radius 3 is 2.09 bits per heavy atom. The summed E-state index contributed by atoms with van der Waals surface area (Å²) in [5.41, 5.74) is 5.14. The van der Waals surface area contributed by atoms with Gasteiger partial charge in [-0.25, -0.2) is 0 Å². The van der Waals surface area contributed by atoms with Gasteiger partial charge in [-0.15, -0.1) is 0 Å². The summed E-state index contributed by atoms with van der Waals surface area (Å²) < 4.78 is 6.35. The molecule has 22 heavy (non-hydrogen) atoms. The molecule has 2 heteroatoms. The molecule has 0 radical (unpaired) electrons. The molecule has 0 aliphatic heterocycles. The second-order valence-electron chi connectivity index (χ2n) is 7.56. The molecule has 1 nitrogen and oxygen atoms in total. The summed E-state index contributed by atoms with van der Waals surface area (Å²) in [6, 6.07) is 17.2. The molecule has 2 aromatic rings. The Labute approximate surface area is 136 Å². The molecule has 0 fully saturated rings. The molecule has 0 bridgehead atoms. The molecule has 0 spiro atoms. The van der Waals surface area contributed by atoms with E-state index in [1.165, 1.54) is 22.3 Å². The molecule has 0 atom stereocenters. The van der Waals surface area contributed by atoms with Crippen LogP contribution in [-0.2, 0) is 11.0 Å². The lowest BCUT2D eigenvalue weighted by atomic mass is 10.0. The van der Waals surface area contributed by atoms with E-state index in [4.69, 9.17) is 4.43 Å². The van der Waals surface area contributed by atoms with Gasteiger partial charge >= 0.3 is 0 Å². The highest BCUT2D eigenvalue weighted by molar-refractivity contribution is 6.74. The summed E-state index contributed by atoms with van der Waals surface area (Å²) in [4.78, 5) is 0. The lowest BCUT2D eigenvalue weighted by molar-refractivity contribution is 0.275. The Balaban J connectivity index is 2.15. The van der Waals surface area contributed by atoms with Gasteiger partial charge in [-0.3, -0.25) is 0 Å². The van der Waals surface area contributed by atoms with Gasteiger partial charge in [-0.1, -0.05) is 69.3 Å². The SMILES string of the molecule is Cc1cc(-c2ccccc2)ccc1CO[Si](C)(C)C(C)(C)C. The lowest BCUT2D eigenvalue weighted by Crippen LogP contribution is -2.40. The zero-order valence-electron chi connectivity index (χ0n) is 14.7. The Morgan fingerprint density at radius 1 is 0.909 bits per heavy atom. The van der Waals surface area contributed by atoms with E-state index in [9.17, 15) is 0 Å². The fraction of sp³-hybridized carbons (Fsp3) is 0.400. The predicted octanol–water partition coefficient (Wildman–Crippen LogP) is 6.18. The summed E-state index contributed by atoms with van der Waals surface area (Å²) >= 11 is 0. The number of benzene rings is 2. The lowest BCUT2D eigenvalue weighted by Gasteiger charge is -2.36. The summed E-state index contributed by atoms with van der Waals surface area (Å²) in [7, 11) is -1.69. The minimum Gasteiger partial charge on any atom is -0.413 e. The van der Waals surface area contributed by atoms with Crippen molar-refractivity contribution in [2.24, 2.45) is 0 Å². The van der Waals surface area contributed by atoms with E-state index < -0.39 is 8.32 Å². The third kappa shape index (κ3) is 3.87. The highest BCUT2D eigenvalue weighted by atomic mass is 28.4. The highest BCUT2D eigenvalue weighted by Crippen LogP contribution is 2.37. The first-order valence-electron chi connectivity index (χ1n) is 8.00. The quantitative estimate of drug-likeness (QED) is 0.612. The van der Waals surface area contributed by atoms with Gasteiger partial charge in [0.2, 0.25) is 0 Å². The first kappa shape index (κ1) is 17.0. The smallest absolute Gasteiger partial charge is 0.192 e. The molecule has 0 aliphatic rings. The third-order valence-electron chi connectivity index (χ3n) is 4.84. The van der Waals surface area contributed by atoms with Crippen LogP contribution in [0, 0.1) is 6.92 Å². The van der Waals surface area contributed by atoms with Crippen molar-refractivity contribution in [2.45, 2.75) is 52.4 Å². The molecule has 0 heterocycles. The van der Waals surface area contributed by atoms with Crippen LogP contribution in [0.25, 0.3) is 11.1 Å². The van der Waals surface area contributed by atoms with Gasteiger partial charge in [0.25, 0.3) is 0 Å². The molecule has 0 aliphatic carbocycles. The van der Waals surface area contributed by atoms with Gasteiger partial charge in [0.05, 0.1) is 6.61 Å². The minimum absolute atomic E-state index is 0.255. The first-order chi connectivity index (χ1) is 10.2. The molecule has 0 unspecified atom stereocenters. The third-order valence-corrected chi connectivity index (χ3v) is 9.32. The Kier molecular flexibility index (Phi) is 4.93. The van der Waals surface area contributed by atoms with Crippen molar-refractivity contribution in [3.05, 3.63) is 59.7 Å². The summed E-state index contributed by atoms with van der Waals surface area (Å²) in [6.45, 7) is 14.4. The van der Waals surface area contributed by atoms with Crippen LogP contribution in [0.15, 0.2) is 48.5 Å². The number of hydrogen-bond acceptors (Lipinski definition) is 1. The summed E-state index contributed by atoms with van der Waals surface area (Å²) in [6.07, 6.45) is 0.